The lowest BCUT2D eigenvalue weighted by molar-refractivity contribution is -0.120. The van der Waals surface area contributed by atoms with E-state index in [1.165, 1.54) is 0 Å². The van der Waals surface area contributed by atoms with Gasteiger partial charge in [0.1, 0.15) is 0 Å². The summed E-state index contributed by atoms with van der Waals surface area (Å²) in [4.78, 5) is 27.8. The molecule has 0 atom stereocenters. The Morgan fingerprint density at radius 2 is 2.00 bits per heavy atom. The van der Waals surface area contributed by atoms with Crippen LogP contribution in [0.5, 0.6) is 0 Å². The smallest absolute Gasteiger partial charge is 0.293 e. The highest BCUT2D eigenvalue weighted by molar-refractivity contribution is 5.76. The summed E-state index contributed by atoms with van der Waals surface area (Å²) in [5.74, 6) is 1.10. The first-order chi connectivity index (χ1) is 9.90. The van der Waals surface area contributed by atoms with Crippen molar-refractivity contribution in [3.8, 4) is 0 Å². The van der Waals surface area contributed by atoms with Crippen LogP contribution in [0.2, 0.25) is 0 Å². The Bertz CT molecular complexity index is 509. The lowest BCUT2D eigenvalue weighted by Gasteiger charge is -2.11. The lowest BCUT2D eigenvalue weighted by Crippen LogP contribution is -2.30. The molecule has 1 heterocycles. The molecule has 0 saturated heterocycles. The van der Waals surface area contributed by atoms with Crippen molar-refractivity contribution in [3.63, 3.8) is 0 Å². The zero-order valence-corrected chi connectivity index (χ0v) is 13.3. The largest absolute Gasteiger partial charge is 0.365 e. The number of anilines is 1. The number of carbonyl (C=O) groups is 1. The van der Waals surface area contributed by atoms with Gasteiger partial charge in [-0.2, -0.15) is 0 Å². The van der Waals surface area contributed by atoms with Crippen LogP contribution in [-0.4, -0.2) is 28.5 Å². The highest BCUT2D eigenvalue weighted by atomic mass is 16.1. The summed E-state index contributed by atoms with van der Waals surface area (Å²) in [6.45, 7) is 9.93. The highest BCUT2D eigenvalue weighted by Crippen LogP contribution is 1.99. The van der Waals surface area contributed by atoms with Gasteiger partial charge in [0.2, 0.25) is 5.91 Å². The predicted molar refractivity (Wildman–Crippen MR) is 84.3 cm³/mol. The average molecular weight is 294 g/mol. The summed E-state index contributed by atoms with van der Waals surface area (Å²) in [7, 11) is 0. The fraction of sp³-hybridized carbons (Fsp3) is 0.667. The quantitative estimate of drug-likeness (QED) is 0.761. The third kappa shape index (κ3) is 6.42. The van der Waals surface area contributed by atoms with Gasteiger partial charge in [-0.1, -0.05) is 27.7 Å². The minimum absolute atomic E-state index is 0.0189. The summed E-state index contributed by atoms with van der Waals surface area (Å²) in [6, 6.07) is 0. The number of hydrogen-bond acceptors (Lipinski definition) is 4. The van der Waals surface area contributed by atoms with Crippen LogP contribution in [0.1, 0.15) is 34.1 Å². The monoisotopic (exact) mass is 294 g/mol. The molecule has 1 aromatic rings. The van der Waals surface area contributed by atoms with Gasteiger partial charge in [-0.25, -0.2) is 4.98 Å². The molecule has 1 rings (SSSR count). The Kier molecular flexibility index (Phi) is 6.91. The Morgan fingerprint density at radius 3 is 2.62 bits per heavy atom. The third-order valence-electron chi connectivity index (χ3n) is 2.83. The SMILES string of the molecule is CC(C)CNC(=O)CCNc1nccn(CC(C)C)c1=O. The lowest BCUT2D eigenvalue weighted by atomic mass is 10.2. The number of nitrogens with zero attached hydrogens (tertiary/aromatic N) is 2. The van der Waals surface area contributed by atoms with Crippen LogP contribution >= 0.6 is 0 Å². The maximum Gasteiger partial charge on any atom is 0.293 e. The second-order valence-corrected chi connectivity index (χ2v) is 6.00. The molecule has 6 heteroatoms. The fourth-order valence-corrected chi connectivity index (χ4v) is 1.81. The van der Waals surface area contributed by atoms with E-state index < -0.39 is 0 Å². The van der Waals surface area contributed by atoms with Crippen molar-refractivity contribution in [1.82, 2.24) is 14.9 Å². The Morgan fingerprint density at radius 1 is 1.29 bits per heavy atom. The maximum atomic E-state index is 12.1. The summed E-state index contributed by atoms with van der Waals surface area (Å²) in [5, 5.41) is 5.78. The minimum Gasteiger partial charge on any atom is -0.365 e. The summed E-state index contributed by atoms with van der Waals surface area (Å²) < 4.78 is 1.64. The zero-order valence-electron chi connectivity index (χ0n) is 13.3. The van der Waals surface area contributed by atoms with Gasteiger partial charge in [-0.05, 0) is 11.8 Å². The zero-order chi connectivity index (χ0) is 15.8. The van der Waals surface area contributed by atoms with E-state index in [1.807, 2.05) is 13.8 Å². The van der Waals surface area contributed by atoms with Gasteiger partial charge in [-0.15, -0.1) is 0 Å². The maximum absolute atomic E-state index is 12.1. The van der Waals surface area contributed by atoms with Crippen LogP contribution in [0.25, 0.3) is 0 Å². The molecule has 0 fully saturated rings. The summed E-state index contributed by atoms with van der Waals surface area (Å²) >= 11 is 0. The Labute approximate surface area is 126 Å². The molecule has 118 valence electrons. The molecule has 6 nitrogen and oxygen atoms in total. The molecule has 21 heavy (non-hydrogen) atoms. The van der Waals surface area contributed by atoms with E-state index >= 15 is 0 Å². The van der Waals surface area contributed by atoms with Gasteiger partial charge in [0.25, 0.3) is 5.56 Å². The van der Waals surface area contributed by atoms with Gasteiger partial charge < -0.3 is 15.2 Å². The predicted octanol–water partition coefficient (Wildman–Crippen LogP) is 1.47. The summed E-state index contributed by atoms with van der Waals surface area (Å²) in [6.07, 6.45) is 3.61. The van der Waals surface area contributed by atoms with Crippen LogP contribution in [0, 0.1) is 11.8 Å². The van der Waals surface area contributed by atoms with Gasteiger partial charge in [-0.3, -0.25) is 9.59 Å². The number of hydrogen-bond donors (Lipinski definition) is 2. The number of carbonyl (C=O) groups excluding carboxylic acids is 1. The van der Waals surface area contributed by atoms with E-state index in [1.54, 1.807) is 17.0 Å². The number of nitrogens with one attached hydrogen (secondary N) is 2. The van der Waals surface area contributed by atoms with Gasteiger partial charge in [0.15, 0.2) is 5.82 Å². The molecule has 1 aromatic heterocycles. The molecule has 0 aliphatic rings. The van der Waals surface area contributed by atoms with E-state index in [0.29, 0.717) is 43.7 Å². The first-order valence-corrected chi connectivity index (χ1v) is 7.46. The van der Waals surface area contributed by atoms with Crippen molar-refractivity contribution in [2.24, 2.45) is 11.8 Å². The second kappa shape index (κ2) is 8.44. The molecule has 0 aromatic carbocycles. The van der Waals surface area contributed by atoms with Gasteiger partial charge >= 0.3 is 0 Å². The molecule has 1 amide bonds. The first kappa shape index (κ1) is 17.2. The van der Waals surface area contributed by atoms with Crippen molar-refractivity contribution in [2.75, 3.05) is 18.4 Å². The average Bonchev–Trinajstić information content (AvgIpc) is 2.40. The number of amides is 1. The van der Waals surface area contributed by atoms with Gasteiger partial charge in [0, 0.05) is 38.4 Å². The summed E-state index contributed by atoms with van der Waals surface area (Å²) in [5.41, 5.74) is -0.145. The van der Waals surface area contributed by atoms with Crippen LogP contribution in [0.15, 0.2) is 17.2 Å². The molecular weight excluding hydrogens is 268 g/mol. The van der Waals surface area contributed by atoms with E-state index in [2.05, 4.69) is 29.5 Å². The second-order valence-electron chi connectivity index (χ2n) is 6.00. The molecule has 0 saturated carbocycles. The van der Waals surface area contributed by atoms with E-state index in [4.69, 9.17) is 0 Å². The molecule has 0 radical (unpaired) electrons. The molecule has 0 unspecified atom stereocenters. The topological polar surface area (TPSA) is 76.0 Å². The van der Waals surface area contributed by atoms with Crippen molar-refractivity contribution >= 4 is 11.7 Å². The molecule has 2 N–H and O–H groups in total. The number of aromatic nitrogens is 2. The van der Waals surface area contributed by atoms with E-state index in [9.17, 15) is 9.59 Å². The molecular formula is C15H26N4O2. The minimum atomic E-state index is -0.145. The first-order valence-electron chi connectivity index (χ1n) is 7.46. The Hall–Kier alpha value is -1.85. The molecule has 0 aliphatic carbocycles. The van der Waals surface area contributed by atoms with Crippen molar-refractivity contribution in [2.45, 2.75) is 40.7 Å². The van der Waals surface area contributed by atoms with Crippen molar-refractivity contribution < 1.29 is 4.79 Å². The highest BCUT2D eigenvalue weighted by Gasteiger charge is 2.07. The van der Waals surface area contributed by atoms with Gasteiger partial charge in [0.05, 0.1) is 0 Å². The van der Waals surface area contributed by atoms with Crippen LogP contribution < -0.4 is 16.2 Å². The van der Waals surface area contributed by atoms with E-state index in [0.717, 1.165) is 0 Å². The van der Waals surface area contributed by atoms with Crippen LogP contribution in [-0.2, 0) is 11.3 Å². The fourth-order valence-electron chi connectivity index (χ4n) is 1.81. The Balaban J connectivity index is 2.49. The normalized spacial score (nSPS) is 11.0. The standard InChI is InChI=1S/C15H26N4O2/c1-11(2)9-18-13(20)5-6-16-14-15(21)19(8-7-17-14)10-12(3)4/h7-8,11-12H,5-6,9-10H2,1-4H3,(H,16,17)(H,18,20). The van der Waals surface area contributed by atoms with E-state index in [-0.39, 0.29) is 11.5 Å². The van der Waals surface area contributed by atoms with Crippen molar-refractivity contribution in [1.29, 1.82) is 0 Å². The molecule has 0 spiro atoms. The van der Waals surface area contributed by atoms with Crippen LogP contribution in [0.4, 0.5) is 5.82 Å². The third-order valence-corrected chi connectivity index (χ3v) is 2.83. The molecule has 0 bridgehead atoms. The van der Waals surface area contributed by atoms with Crippen molar-refractivity contribution in [3.05, 3.63) is 22.7 Å². The van der Waals surface area contributed by atoms with Crippen LogP contribution in [0.3, 0.4) is 0 Å². The molecule has 0 aliphatic heterocycles. The number of rotatable bonds is 8.